The predicted molar refractivity (Wildman–Crippen MR) is 134 cm³/mol. The first-order valence-electron chi connectivity index (χ1n) is 11.0. The van der Waals surface area contributed by atoms with Crippen LogP contribution >= 0.6 is 15.9 Å². The lowest BCUT2D eigenvalue weighted by atomic mass is 10.1. The van der Waals surface area contributed by atoms with Gasteiger partial charge in [-0.1, -0.05) is 40.2 Å². The Labute approximate surface area is 201 Å². The summed E-state index contributed by atoms with van der Waals surface area (Å²) in [5.74, 6) is -0.298. The molecule has 0 spiro atoms. The molecule has 33 heavy (non-hydrogen) atoms. The number of halogens is 2. The highest BCUT2D eigenvalue weighted by Gasteiger charge is 2.35. The lowest BCUT2D eigenvalue weighted by Gasteiger charge is -2.37. The molecule has 0 bridgehead atoms. The third-order valence-electron chi connectivity index (χ3n) is 6.20. The fourth-order valence-electron chi connectivity index (χ4n) is 4.29. The minimum Gasteiger partial charge on any atom is -0.369 e. The molecule has 168 valence electrons. The molecular formula is C26H24BrFN4O. The minimum atomic E-state index is -0.223. The number of rotatable bonds is 4. The number of nitrogens with zero attached hydrogens (tertiary/aromatic N) is 4. The molecule has 5 nitrogen and oxygen atoms in total. The van der Waals surface area contributed by atoms with Gasteiger partial charge < -0.3 is 4.90 Å². The molecule has 0 saturated carbocycles. The summed E-state index contributed by atoms with van der Waals surface area (Å²) in [7, 11) is 0. The van der Waals surface area contributed by atoms with E-state index in [0.29, 0.717) is 12.4 Å². The van der Waals surface area contributed by atoms with E-state index in [2.05, 4.69) is 25.7 Å². The molecule has 0 unspecified atom stereocenters. The third kappa shape index (κ3) is 4.43. The molecule has 1 amide bonds. The van der Waals surface area contributed by atoms with E-state index in [1.807, 2.05) is 66.4 Å². The molecule has 2 aliphatic heterocycles. The molecule has 0 aromatic heterocycles. The Balaban J connectivity index is 1.33. The van der Waals surface area contributed by atoms with Gasteiger partial charge in [0.1, 0.15) is 11.5 Å². The van der Waals surface area contributed by atoms with Crippen LogP contribution in [-0.2, 0) is 4.79 Å². The van der Waals surface area contributed by atoms with E-state index in [0.717, 1.165) is 58.8 Å². The molecule has 2 aliphatic rings. The van der Waals surface area contributed by atoms with Crippen LogP contribution in [0.4, 0.5) is 21.5 Å². The zero-order chi connectivity index (χ0) is 22.9. The van der Waals surface area contributed by atoms with Crippen molar-refractivity contribution >= 4 is 44.6 Å². The average molecular weight is 507 g/mol. The van der Waals surface area contributed by atoms with Crippen molar-refractivity contribution in [2.45, 2.75) is 6.92 Å². The highest BCUT2D eigenvalue weighted by Crippen LogP contribution is 2.32. The summed E-state index contributed by atoms with van der Waals surface area (Å²) in [4.78, 5) is 24.5. The van der Waals surface area contributed by atoms with Crippen LogP contribution in [-0.4, -0.2) is 49.4 Å². The number of hydrogen-bond acceptors (Lipinski definition) is 4. The van der Waals surface area contributed by atoms with E-state index in [4.69, 9.17) is 4.99 Å². The highest BCUT2D eigenvalue weighted by atomic mass is 79.9. The summed E-state index contributed by atoms with van der Waals surface area (Å²) in [5.41, 5.74) is 5.14. The molecule has 0 N–H and O–H groups in total. The van der Waals surface area contributed by atoms with Crippen LogP contribution in [0.3, 0.4) is 0 Å². The van der Waals surface area contributed by atoms with Gasteiger partial charge in [0.05, 0.1) is 18.0 Å². The standard InChI is InChI=1S/C26H24BrFN4O/c1-18-6-9-20(16-23(18)27)29-25-22-4-2-3-5-24(22)32(26(25)33)17-30-12-14-31(15-13-30)21-10-7-19(28)8-11-21/h2-11,16H,12-15,17H2,1H3. The fourth-order valence-corrected chi connectivity index (χ4v) is 4.66. The Morgan fingerprint density at radius 1 is 0.970 bits per heavy atom. The van der Waals surface area contributed by atoms with Crippen LogP contribution < -0.4 is 9.80 Å². The Hall–Kier alpha value is -3.03. The van der Waals surface area contributed by atoms with Crippen LogP contribution in [0.1, 0.15) is 11.1 Å². The van der Waals surface area contributed by atoms with Crippen LogP contribution in [0.25, 0.3) is 0 Å². The predicted octanol–water partition coefficient (Wildman–Crippen LogP) is 5.14. The maximum absolute atomic E-state index is 13.4. The molecule has 0 atom stereocenters. The summed E-state index contributed by atoms with van der Waals surface area (Å²) in [5, 5.41) is 0. The number of amides is 1. The Kier molecular flexibility index (Phi) is 6.00. The third-order valence-corrected chi connectivity index (χ3v) is 7.05. The smallest absolute Gasteiger partial charge is 0.278 e. The highest BCUT2D eigenvalue weighted by molar-refractivity contribution is 9.10. The van der Waals surface area contributed by atoms with Crippen molar-refractivity contribution in [1.29, 1.82) is 0 Å². The number of aliphatic imine (C=N–C) groups is 1. The number of piperazine rings is 1. The lowest BCUT2D eigenvalue weighted by Crippen LogP contribution is -2.51. The van der Waals surface area contributed by atoms with Crippen LogP contribution in [0.15, 0.2) is 76.2 Å². The van der Waals surface area contributed by atoms with Gasteiger partial charge in [-0.05, 0) is 55.0 Å². The second kappa shape index (κ2) is 9.08. The number of carbonyl (C=O) groups is 1. The van der Waals surface area contributed by atoms with Crippen LogP contribution in [0.2, 0.25) is 0 Å². The van der Waals surface area contributed by atoms with Crippen LogP contribution in [0.5, 0.6) is 0 Å². The number of para-hydroxylation sites is 1. The molecule has 3 aromatic rings. The van der Waals surface area contributed by atoms with Gasteiger partial charge in [-0.2, -0.15) is 0 Å². The van der Waals surface area contributed by atoms with Crippen molar-refractivity contribution in [3.63, 3.8) is 0 Å². The van der Waals surface area contributed by atoms with E-state index in [1.54, 1.807) is 0 Å². The summed E-state index contributed by atoms with van der Waals surface area (Å²) in [6.07, 6.45) is 0. The van der Waals surface area contributed by atoms with E-state index in [9.17, 15) is 9.18 Å². The number of hydrogen-bond donors (Lipinski definition) is 0. The maximum Gasteiger partial charge on any atom is 0.278 e. The second-order valence-corrected chi connectivity index (χ2v) is 9.22. The van der Waals surface area contributed by atoms with Crippen molar-refractivity contribution in [3.8, 4) is 0 Å². The van der Waals surface area contributed by atoms with E-state index in [-0.39, 0.29) is 11.7 Å². The second-order valence-electron chi connectivity index (χ2n) is 8.37. The largest absolute Gasteiger partial charge is 0.369 e. The zero-order valence-corrected chi connectivity index (χ0v) is 19.9. The van der Waals surface area contributed by atoms with E-state index >= 15 is 0 Å². The van der Waals surface area contributed by atoms with Gasteiger partial charge in [-0.15, -0.1) is 0 Å². The van der Waals surface area contributed by atoms with Gasteiger partial charge in [-0.25, -0.2) is 9.38 Å². The first-order valence-corrected chi connectivity index (χ1v) is 11.8. The minimum absolute atomic E-state index is 0.0751. The monoisotopic (exact) mass is 506 g/mol. The first kappa shape index (κ1) is 21.8. The number of fused-ring (bicyclic) bond motifs is 1. The number of aryl methyl sites for hydroxylation is 1. The maximum atomic E-state index is 13.4. The normalized spacial score (nSPS) is 17.7. The molecule has 0 aliphatic carbocycles. The molecule has 2 heterocycles. The number of anilines is 2. The Morgan fingerprint density at radius 3 is 2.42 bits per heavy atom. The summed E-state index contributed by atoms with van der Waals surface area (Å²) >= 11 is 3.55. The van der Waals surface area contributed by atoms with Crippen molar-refractivity contribution in [1.82, 2.24) is 4.90 Å². The van der Waals surface area contributed by atoms with Crippen molar-refractivity contribution < 1.29 is 9.18 Å². The summed E-state index contributed by atoms with van der Waals surface area (Å²) in [6.45, 7) is 5.83. The Morgan fingerprint density at radius 2 is 1.70 bits per heavy atom. The number of carbonyl (C=O) groups excluding carboxylic acids is 1. The quantitative estimate of drug-likeness (QED) is 0.491. The molecule has 3 aromatic carbocycles. The average Bonchev–Trinajstić information content (AvgIpc) is 3.08. The van der Waals surface area contributed by atoms with Crippen LogP contribution in [0, 0.1) is 12.7 Å². The zero-order valence-electron chi connectivity index (χ0n) is 18.3. The van der Waals surface area contributed by atoms with Crippen molar-refractivity contribution in [2.75, 3.05) is 42.6 Å². The molecule has 7 heteroatoms. The number of benzene rings is 3. The fraction of sp³-hybridized carbons (Fsp3) is 0.231. The van der Waals surface area contributed by atoms with Gasteiger partial charge in [0.2, 0.25) is 0 Å². The molecule has 5 rings (SSSR count). The summed E-state index contributed by atoms with van der Waals surface area (Å²) in [6, 6.07) is 20.3. The SMILES string of the molecule is Cc1ccc(N=C2C(=O)N(CN3CCN(c4ccc(F)cc4)CC3)c3ccccc32)cc1Br. The topological polar surface area (TPSA) is 39.2 Å². The van der Waals surface area contributed by atoms with Gasteiger partial charge in [0.25, 0.3) is 5.91 Å². The molecule has 0 radical (unpaired) electrons. The van der Waals surface area contributed by atoms with E-state index < -0.39 is 0 Å². The Bertz CT molecular complexity index is 1220. The lowest BCUT2D eigenvalue weighted by molar-refractivity contribution is -0.112. The van der Waals surface area contributed by atoms with Gasteiger partial charge >= 0.3 is 0 Å². The summed E-state index contributed by atoms with van der Waals surface area (Å²) < 4.78 is 14.2. The molecule has 1 fully saturated rings. The first-order chi connectivity index (χ1) is 16.0. The van der Waals surface area contributed by atoms with Gasteiger partial charge in [0.15, 0.2) is 0 Å². The van der Waals surface area contributed by atoms with E-state index in [1.165, 1.54) is 12.1 Å². The van der Waals surface area contributed by atoms with Crippen molar-refractivity contribution in [3.05, 3.63) is 88.1 Å². The van der Waals surface area contributed by atoms with Crippen molar-refractivity contribution in [2.24, 2.45) is 4.99 Å². The van der Waals surface area contributed by atoms with Gasteiger partial charge in [-0.3, -0.25) is 14.6 Å². The molecule has 1 saturated heterocycles. The van der Waals surface area contributed by atoms with Gasteiger partial charge in [0, 0.05) is 41.9 Å². The molecular weight excluding hydrogens is 483 g/mol.